The molecule has 2 heteroatoms. The van der Waals surface area contributed by atoms with Crippen LogP contribution in [0.25, 0.3) is 38.5 Å². The molecule has 120 valence electrons. The summed E-state index contributed by atoms with van der Waals surface area (Å²) in [6.45, 7) is 0. The molecule has 0 unspecified atom stereocenters. The van der Waals surface area contributed by atoms with Crippen molar-refractivity contribution < 1.29 is 4.74 Å². The first-order valence-electron chi connectivity index (χ1n) is 8.42. The van der Waals surface area contributed by atoms with Crippen LogP contribution in [0.3, 0.4) is 0 Å². The van der Waals surface area contributed by atoms with Crippen LogP contribution in [0.5, 0.6) is 5.75 Å². The highest BCUT2D eigenvalue weighted by molar-refractivity contribution is 6.10. The normalized spacial score (nSPS) is 11.4. The van der Waals surface area contributed by atoms with Gasteiger partial charge in [-0.3, -0.25) is 0 Å². The number of methoxy groups -OCH3 is 1. The predicted octanol–water partition coefficient (Wildman–Crippen LogP) is 5.90. The number of hydrogen-bond acceptors (Lipinski definition) is 1. The Kier molecular flexibility index (Phi) is 3.04. The molecule has 2 nitrogen and oxygen atoms in total. The Morgan fingerprint density at radius 1 is 0.720 bits per heavy atom. The largest absolute Gasteiger partial charge is 0.495 e. The molecular formula is C23H17NO. The van der Waals surface area contributed by atoms with Gasteiger partial charge in [0.1, 0.15) is 5.75 Å². The van der Waals surface area contributed by atoms with Gasteiger partial charge >= 0.3 is 0 Å². The molecule has 0 radical (unpaired) electrons. The monoisotopic (exact) mass is 323 g/mol. The van der Waals surface area contributed by atoms with Crippen LogP contribution in [0.2, 0.25) is 0 Å². The quantitative estimate of drug-likeness (QED) is 0.395. The molecule has 0 spiro atoms. The summed E-state index contributed by atoms with van der Waals surface area (Å²) in [5.74, 6) is 0.870. The van der Waals surface area contributed by atoms with Crippen LogP contribution in [0.4, 0.5) is 0 Å². The van der Waals surface area contributed by atoms with Gasteiger partial charge in [0, 0.05) is 17.1 Å². The Balaban J connectivity index is 2.00. The van der Waals surface area contributed by atoms with Gasteiger partial charge in [-0.1, -0.05) is 60.7 Å². The lowest BCUT2D eigenvalue weighted by molar-refractivity contribution is 0.413. The number of para-hydroxylation sites is 2. The molecule has 25 heavy (non-hydrogen) atoms. The fourth-order valence-electron chi connectivity index (χ4n) is 3.75. The van der Waals surface area contributed by atoms with E-state index in [0.29, 0.717) is 0 Å². The van der Waals surface area contributed by atoms with Gasteiger partial charge in [0.2, 0.25) is 0 Å². The van der Waals surface area contributed by atoms with E-state index >= 15 is 0 Å². The van der Waals surface area contributed by atoms with Crippen LogP contribution in [0, 0.1) is 0 Å². The lowest BCUT2D eigenvalue weighted by Crippen LogP contribution is -2.02. The molecule has 1 aliphatic carbocycles. The summed E-state index contributed by atoms with van der Waals surface area (Å²) in [5.41, 5.74) is 3.54. The minimum absolute atomic E-state index is 0.870. The van der Waals surface area contributed by atoms with Crippen LogP contribution in [0.1, 0.15) is 0 Å². The van der Waals surface area contributed by atoms with Gasteiger partial charge in [-0.15, -0.1) is 0 Å². The number of aromatic nitrogens is 1. The second-order valence-electron chi connectivity index (χ2n) is 6.25. The van der Waals surface area contributed by atoms with Crippen LogP contribution < -0.4 is 4.74 Å². The van der Waals surface area contributed by atoms with Crippen LogP contribution in [-0.4, -0.2) is 11.7 Å². The van der Waals surface area contributed by atoms with Crippen LogP contribution in [0.15, 0.2) is 85.1 Å². The number of hydrogen-bond donors (Lipinski definition) is 0. The summed E-state index contributed by atoms with van der Waals surface area (Å²) in [6, 6.07) is 27.6. The Morgan fingerprint density at radius 2 is 1.40 bits per heavy atom. The van der Waals surface area contributed by atoms with Crippen molar-refractivity contribution in [1.29, 1.82) is 0 Å². The van der Waals surface area contributed by atoms with Crippen molar-refractivity contribution in [1.82, 2.24) is 4.57 Å². The highest BCUT2D eigenvalue weighted by Gasteiger charge is 2.19. The SMILES string of the molecule is COc1ccccc1-n1cc2ccccc2c2cc3ccccc3c1-2. The van der Waals surface area contributed by atoms with E-state index in [1.54, 1.807) is 7.11 Å². The first kappa shape index (κ1) is 14.1. The second-order valence-corrected chi connectivity index (χ2v) is 6.25. The Labute approximate surface area is 146 Å². The summed E-state index contributed by atoms with van der Waals surface area (Å²) < 4.78 is 7.89. The molecule has 3 aromatic carbocycles. The maximum atomic E-state index is 5.63. The topological polar surface area (TPSA) is 14.2 Å². The Hall–Kier alpha value is -3.26. The Morgan fingerprint density at radius 3 is 2.24 bits per heavy atom. The summed E-state index contributed by atoms with van der Waals surface area (Å²) in [5, 5.41) is 5.02. The van der Waals surface area contributed by atoms with Gasteiger partial charge in [-0.2, -0.15) is 0 Å². The molecule has 3 aromatic rings. The minimum atomic E-state index is 0.870. The van der Waals surface area contributed by atoms with Crippen molar-refractivity contribution in [2.45, 2.75) is 0 Å². The van der Waals surface area contributed by atoms with Gasteiger partial charge in [0.05, 0.1) is 18.5 Å². The number of benzene rings is 3. The van der Waals surface area contributed by atoms with Crippen molar-refractivity contribution in [2.75, 3.05) is 7.11 Å². The average molecular weight is 323 g/mol. The first-order chi connectivity index (χ1) is 12.4. The van der Waals surface area contributed by atoms with Crippen LogP contribution in [-0.2, 0) is 0 Å². The van der Waals surface area contributed by atoms with E-state index < -0.39 is 0 Å². The van der Waals surface area contributed by atoms with Gasteiger partial charge in [-0.25, -0.2) is 0 Å². The third-order valence-electron chi connectivity index (χ3n) is 4.88. The van der Waals surface area contributed by atoms with E-state index in [4.69, 9.17) is 4.74 Å². The smallest absolute Gasteiger partial charge is 0.142 e. The zero-order valence-corrected chi connectivity index (χ0v) is 13.9. The minimum Gasteiger partial charge on any atom is -0.495 e. The van der Waals surface area contributed by atoms with E-state index in [1.165, 1.54) is 32.8 Å². The maximum Gasteiger partial charge on any atom is 0.142 e. The average Bonchev–Trinajstić information content (AvgIpc) is 3.07. The third-order valence-corrected chi connectivity index (χ3v) is 4.88. The van der Waals surface area contributed by atoms with Crippen molar-refractivity contribution in [3.63, 3.8) is 0 Å². The predicted molar refractivity (Wildman–Crippen MR) is 104 cm³/mol. The standard InChI is InChI=1S/C23H17NO/c1-25-22-13-7-6-12-21(22)24-15-17-9-3-4-10-18(17)20-14-16-8-2-5-11-19(16)23(20)24/h2-15H,1H3. The molecule has 2 aliphatic rings. The van der Waals surface area contributed by atoms with Gasteiger partial charge < -0.3 is 9.30 Å². The summed E-state index contributed by atoms with van der Waals surface area (Å²) in [7, 11) is 1.72. The van der Waals surface area contributed by atoms with E-state index in [-0.39, 0.29) is 0 Å². The highest BCUT2D eigenvalue weighted by Crippen LogP contribution is 2.41. The third kappa shape index (κ3) is 2.04. The molecule has 0 saturated carbocycles. The molecular weight excluding hydrogens is 306 g/mol. The molecule has 0 atom stereocenters. The van der Waals surface area contributed by atoms with Gasteiger partial charge in [0.25, 0.3) is 0 Å². The maximum absolute atomic E-state index is 5.63. The second kappa shape index (κ2) is 5.38. The molecule has 0 fully saturated rings. The Bertz CT molecular complexity index is 1190. The zero-order chi connectivity index (χ0) is 16.8. The molecule has 0 N–H and O–H groups in total. The van der Waals surface area contributed by atoms with Gasteiger partial charge in [0.15, 0.2) is 0 Å². The van der Waals surface area contributed by atoms with Crippen molar-refractivity contribution in [3.8, 4) is 22.7 Å². The summed E-state index contributed by atoms with van der Waals surface area (Å²) in [4.78, 5) is 0. The highest BCUT2D eigenvalue weighted by atomic mass is 16.5. The molecule has 1 heterocycles. The summed E-state index contributed by atoms with van der Waals surface area (Å²) >= 11 is 0. The fraction of sp³-hybridized carbons (Fsp3) is 0.0435. The number of ether oxygens (including phenoxy) is 1. The van der Waals surface area contributed by atoms with Crippen molar-refractivity contribution >= 4 is 21.5 Å². The number of fused-ring (bicyclic) bond motifs is 5. The number of rotatable bonds is 2. The van der Waals surface area contributed by atoms with Crippen molar-refractivity contribution in [3.05, 3.63) is 85.1 Å². The zero-order valence-electron chi connectivity index (χ0n) is 13.9. The fourth-order valence-corrected chi connectivity index (χ4v) is 3.75. The molecule has 0 aromatic heterocycles. The summed E-state index contributed by atoms with van der Waals surface area (Å²) in [6.07, 6.45) is 2.21. The van der Waals surface area contributed by atoms with E-state index in [0.717, 1.165) is 11.4 Å². The van der Waals surface area contributed by atoms with Crippen LogP contribution >= 0.6 is 0 Å². The molecule has 1 aliphatic heterocycles. The first-order valence-corrected chi connectivity index (χ1v) is 8.42. The lowest BCUT2D eigenvalue weighted by Gasteiger charge is -2.19. The molecule has 5 rings (SSSR count). The number of pyridine rings is 1. The van der Waals surface area contributed by atoms with E-state index in [9.17, 15) is 0 Å². The van der Waals surface area contributed by atoms with Gasteiger partial charge in [-0.05, 0) is 34.4 Å². The number of nitrogens with zero attached hydrogens (tertiary/aromatic N) is 1. The van der Waals surface area contributed by atoms with Crippen molar-refractivity contribution in [2.24, 2.45) is 0 Å². The van der Waals surface area contributed by atoms with E-state index in [1.807, 2.05) is 12.1 Å². The lowest BCUT2D eigenvalue weighted by atomic mass is 10.0. The van der Waals surface area contributed by atoms with E-state index in [2.05, 4.69) is 77.5 Å². The molecule has 0 amide bonds. The molecule has 0 bridgehead atoms. The molecule has 0 saturated heterocycles.